The monoisotopic (exact) mass is 484 g/mol. The van der Waals surface area contributed by atoms with E-state index in [1.54, 1.807) is 6.92 Å². The van der Waals surface area contributed by atoms with E-state index < -0.39 is 26.6 Å². The number of carbonyl (C=O) groups is 2. The van der Waals surface area contributed by atoms with Crippen molar-refractivity contribution < 1.29 is 32.4 Å². The first-order valence-corrected chi connectivity index (χ1v) is 12.6. The Kier molecular flexibility index (Phi) is 9.78. The summed E-state index contributed by atoms with van der Waals surface area (Å²) in [5.41, 5.74) is -0.490. The highest BCUT2D eigenvalue weighted by atomic mass is 32.2. The molecule has 0 amide bonds. The van der Waals surface area contributed by atoms with Crippen LogP contribution in [-0.4, -0.2) is 44.5 Å². The highest BCUT2D eigenvalue weighted by Gasteiger charge is 2.39. The molecule has 1 aliphatic carbocycles. The van der Waals surface area contributed by atoms with Crippen molar-refractivity contribution in [1.29, 1.82) is 0 Å². The molecule has 1 aromatic carbocycles. The smallest absolute Gasteiger partial charge is 0.306 e. The summed E-state index contributed by atoms with van der Waals surface area (Å²) in [7, 11) is -4.07. The average Bonchev–Trinajstić information content (AvgIpc) is 2.72. The lowest BCUT2D eigenvalue weighted by Gasteiger charge is -2.40. The largest absolute Gasteiger partial charge is 0.466 e. The molecule has 1 aromatic rings. The van der Waals surface area contributed by atoms with Gasteiger partial charge < -0.3 is 9.47 Å². The Bertz CT molecular complexity index is 949. The van der Waals surface area contributed by atoms with Gasteiger partial charge in [0.1, 0.15) is 6.10 Å². The van der Waals surface area contributed by atoms with Crippen LogP contribution >= 0.6 is 0 Å². The van der Waals surface area contributed by atoms with Gasteiger partial charge in [0, 0.05) is 26.0 Å². The van der Waals surface area contributed by atoms with E-state index in [-0.39, 0.29) is 54.3 Å². The summed E-state index contributed by atoms with van der Waals surface area (Å²) in [6, 6.07) is 5.16. The van der Waals surface area contributed by atoms with Gasteiger partial charge in [-0.05, 0) is 56.4 Å². The summed E-state index contributed by atoms with van der Waals surface area (Å²) < 4.78 is 38.3. The standard InChI is InChI=1S/C22H32N2O8S/c1-4-31-22(26)14-17-12-15(2)13-20(32-16(3)25)18(17)8-7-11-23-33(29,30)21-10-6-5-9-19(21)24(27)28/h5-6,9-10,15,17-18,20,23H,4,7-8,11-14H2,1-3H3/t15-,17-,18-,20+/m1/s1. The number of hydrogen-bond donors (Lipinski definition) is 1. The van der Waals surface area contributed by atoms with E-state index in [9.17, 15) is 28.1 Å². The molecule has 0 unspecified atom stereocenters. The molecule has 184 valence electrons. The fourth-order valence-corrected chi connectivity index (χ4v) is 5.80. The van der Waals surface area contributed by atoms with Crippen LogP contribution in [0.1, 0.15) is 52.9 Å². The van der Waals surface area contributed by atoms with Gasteiger partial charge in [-0.15, -0.1) is 0 Å². The quantitative estimate of drug-likeness (QED) is 0.218. The van der Waals surface area contributed by atoms with Crippen LogP contribution in [0, 0.1) is 27.9 Å². The number of carbonyl (C=O) groups excluding carboxylic acids is 2. The molecular weight excluding hydrogens is 452 g/mol. The van der Waals surface area contributed by atoms with Crippen LogP contribution in [-0.2, 0) is 29.1 Å². The number of nitro groups is 1. The van der Waals surface area contributed by atoms with E-state index in [4.69, 9.17) is 9.47 Å². The fourth-order valence-electron chi connectivity index (χ4n) is 4.56. The minimum absolute atomic E-state index is 0.0519. The summed E-state index contributed by atoms with van der Waals surface area (Å²) in [4.78, 5) is 33.8. The van der Waals surface area contributed by atoms with Crippen LogP contribution in [0.25, 0.3) is 0 Å². The van der Waals surface area contributed by atoms with Crippen molar-refractivity contribution in [3.8, 4) is 0 Å². The summed E-state index contributed by atoms with van der Waals surface area (Å²) in [6.45, 7) is 5.47. The van der Waals surface area contributed by atoms with Crippen LogP contribution in [0.2, 0.25) is 0 Å². The van der Waals surface area contributed by atoms with E-state index in [1.807, 2.05) is 6.92 Å². The predicted octanol–water partition coefficient (Wildman–Crippen LogP) is 3.20. The zero-order valence-corrected chi connectivity index (χ0v) is 20.0. The molecule has 11 heteroatoms. The molecule has 0 bridgehead atoms. The zero-order valence-electron chi connectivity index (χ0n) is 19.2. The lowest BCUT2D eigenvalue weighted by Crippen LogP contribution is -2.40. The fraction of sp³-hybridized carbons (Fsp3) is 0.636. The van der Waals surface area contributed by atoms with Gasteiger partial charge >= 0.3 is 11.9 Å². The number of hydrogen-bond acceptors (Lipinski definition) is 8. The molecule has 0 radical (unpaired) electrons. The summed E-state index contributed by atoms with van der Waals surface area (Å²) in [6.07, 6.45) is 2.24. The first-order chi connectivity index (χ1) is 15.5. The first kappa shape index (κ1) is 26.7. The predicted molar refractivity (Wildman–Crippen MR) is 120 cm³/mol. The molecule has 0 saturated heterocycles. The van der Waals surface area contributed by atoms with Crippen molar-refractivity contribution in [2.75, 3.05) is 13.2 Å². The summed E-state index contributed by atoms with van der Waals surface area (Å²) in [5.74, 6) is -0.609. The maximum atomic E-state index is 12.6. The number of sulfonamides is 1. The topological polar surface area (TPSA) is 142 Å². The number of nitrogens with one attached hydrogen (secondary N) is 1. The molecule has 0 heterocycles. The molecule has 4 atom stereocenters. The molecule has 0 aromatic heterocycles. The van der Waals surface area contributed by atoms with Gasteiger partial charge in [0.25, 0.3) is 5.69 Å². The SMILES string of the molecule is CCOC(=O)C[C@H]1C[C@@H](C)C[C@H](OC(C)=O)[C@@H]1CCCNS(=O)(=O)c1ccccc1[N+](=O)[O-]. The molecule has 1 N–H and O–H groups in total. The zero-order chi connectivity index (χ0) is 24.6. The second-order valence-corrected chi connectivity index (χ2v) is 10.2. The van der Waals surface area contributed by atoms with Crippen LogP contribution in [0.5, 0.6) is 0 Å². The molecule has 0 spiro atoms. The number of nitrogens with zero attached hydrogens (tertiary/aromatic N) is 1. The van der Waals surface area contributed by atoms with Gasteiger partial charge in [-0.25, -0.2) is 13.1 Å². The number of rotatable bonds is 11. The van der Waals surface area contributed by atoms with Gasteiger partial charge in [0.15, 0.2) is 4.90 Å². The van der Waals surface area contributed by atoms with E-state index in [1.165, 1.54) is 25.1 Å². The van der Waals surface area contributed by atoms with Crippen LogP contribution in [0.4, 0.5) is 5.69 Å². The number of para-hydroxylation sites is 1. The summed E-state index contributed by atoms with van der Waals surface area (Å²) in [5, 5.41) is 11.2. The van der Waals surface area contributed by atoms with Crippen molar-refractivity contribution >= 4 is 27.6 Å². The lowest BCUT2D eigenvalue weighted by molar-refractivity contribution is -0.387. The Balaban J connectivity index is 2.07. The Labute approximate surface area is 194 Å². The van der Waals surface area contributed by atoms with E-state index in [0.29, 0.717) is 19.3 Å². The Morgan fingerprint density at radius 2 is 1.94 bits per heavy atom. The maximum absolute atomic E-state index is 12.6. The Morgan fingerprint density at radius 1 is 1.24 bits per heavy atom. The van der Waals surface area contributed by atoms with Gasteiger partial charge in [0.2, 0.25) is 10.0 Å². The van der Waals surface area contributed by atoms with Crippen molar-refractivity contribution in [2.24, 2.45) is 17.8 Å². The van der Waals surface area contributed by atoms with Crippen LogP contribution in [0.15, 0.2) is 29.2 Å². The third kappa shape index (κ3) is 7.78. The van der Waals surface area contributed by atoms with Gasteiger partial charge in [-0.2, -0.15) is 0 Å². The molecular formula is C22H32N2O8S. The first-order valence-electron chi connectivity index (χ1n) is 11.1. The van der Waals surface area contributed by atoms with Crippen molar-refractivity contribution in [3.05, 3.63) is 34.4 Å². The van der Waals surface area contributed by atoms with Crippen molar-refractivity contribution in [2.45, 2.75) is 63.9 Å². The molecule has 0 aliphatic heterocycles. The minimum atomic E-state index is -4.07. The van der Waals surface area contributed by atoms with Crippen LogP contribution in [0.3, 0.4) is 0 Å². The second-order valence-electron chi connectivity index (χ2n) is 8.42. The number of nitro benzene ring substituents is 1. The highest BCUT2D eigenvalue weighted by molar-refractivity contribution is 7.89. The van der Waals surface area contributed by atoms with E-state index in [2.05, 4.69) is 4.72 Å². The maximum Gasteiger partial charge on any atom is 0.306 e. The van der Waals surface area contributed by atoms with Crippen LogP contribution < -0.4 is 4.72 Å². The number of benzene rings is 1. The van der Waals surface area contributed by atoms with Crippen molar-refractivity contribution in [1.82, 2.24) is 4.72 Å². The molecule has 1 saturated carbocycles. The highest BCUT2D eigenvalue weighted by Crippen LogP contribution is 2.40. The third-order valence-corrected chi connectivity index (χ3v) is 7.34. The normalized spacial score (nSPS) is 23.0. The third-order valence-electron chi connectivity index (χ3n) is 5.83. The minimum Gasteiger partial charge on any atom is -0.466 e. The number of esters is 2. The van der Waals surface area contributed by atoms with E-state index >= 15 is 0 Å². The van der Waals surface area contributed by atoms with Gasteiger partial charge in [-0.3, -0.25) is 19.7 Å². The molecule has 10 nitrogen and oxygen atoms in total. The molecule has 1 fully saturated rings. The Morgan fingerprint density at radius 3 is 2.58 bits per heavy atom. The van der Waals surface area contributed by atoms with Gasteiger partial charge in [0.05, 0.1) is 11.5 Å². The van der Waals surface area contributed by atoms with E-state index in [0.717, 1.165) is 12.5 Å². The molecule has 2 rings (SSSR count). The molecule has 1 aliphatic rings. The second kappa shape index (κ2) is 12.1. The molecule has 33 heavy (non-hydrogen) atoms. The summed E-state index contributed by atoms with van der Waals surface area (Å²) >= 11 is 0. The Hall–Kier alpha value is -2.53. The number of ether oxygens (including phenoxy) is 2. The average molecular weight is 485 g/mol. The van der Waals surface area contributed by atoms with Gasteiger partial charge in [-0.1, -0.05) is 19.1 Å². The van der Waals surface area contributed by atoms with Crippen molar-refractivity contribution in [3.63, 3.8) is 0 Å². The lowest BCUT2D eigenvalue weighted by atomic mass is 9.69.